The zero-order valence-corrected chi connectivity index (χ0v) is 15.1. The predicted octanol–water partition coefficient (Wildman–Crippen LogP) is 4.89. The Morgan fingerprint density at radius 2 is 1.70 bits per heavy atom. The van der Waals surface area contributed by atoms with E-state index in [4.69, 9.17) is 28.9 Å². The van der Waals surface area contributed by atoms with Gasteiger partial charge in [-0.3, -0.25) is 4.79 Å². The van der Waals surface area contributed by atoms with Gasteiger partial charge < -0.3 is 5.73 Å². The Morgan fingerprint density at radius 1 is 1.04 bits per heavy atom. The second-order valence-electron chi connectivity index (χ2n) is 5.76. The summed E-state index contributed by atoms with van der Waals surface area (Å²) in [7, 11) is 0. The van der Waals surface area contributed by atoms with Crippen LogP contribution in [0.2, 0.25) is 10.0 Å². The maximum atomic E-state index is 13.2. The molecule has 1 heterocycles. The van der Waals surface area contributed by atoms with Crippen LogP contribution in [0, 0.1) is 0 Å². The standard InChI is InChI=1S/C18H12Cl2F3N3O/c19-13-6-3-11(8-14(13)20)15-9-16(18(21,22)23)25-26(15)12-4-1-10(2-5-12)7-17(24)27/h1-6,8-9H,7H2,(H2,24,27). The van der Waals surface area contributed by atoms with Gasteiger partial charge in [0.25, 0.3) is 0 Å². The second-order valence-corrected chi connectivity index (χ2v) is 6.58. The summed E-state index contributed by atoms with van der Waals surface area (Å²) in [5.74, 6) is -0.502. The van der Waals surface area contributed by atoms with Gasteiger partial charge in [-0.1, -0.05) is 41.4 Å². The molecule has 0 bridgehead atoms. The number of nitrogens with zero attached hydrogens (tertiary/aromatic N) is 2. The molecule has 4 nitrogen and oxygen atoms in total. The van der Waals surface area contributed by atoms with E-state index >= 15 is 0 Å². The minimum Gasteiger partial charge on any atom is -0.369 e. The fraction of sp³-hybridized carbons (Fsp3) is 0.111. The van der Waals surface area contributed by atoms with Gasteiger partial charge in [0.2, 0.25) is 5.91 Å². The summed E-state index contributed by atoms with van der Waals surface area (Å²) < 4.78 is 40.7. The zero-order valence-electron chi connectivity index (χ0n) is 13.6. The Hall–Kier alpha value is -2.51. The Balaban J connectivity index is 2.11. The van der Waals surface area contributed by atoms with Gasteiger partial charge >= 0.3 is 6.18 Å². The van der Waals surface area contributed by atoms with Crippen molar-refractivity contribution in [2.24, 2.45) is 5.73 Å². The lowest BCUT2D eigenvalue weighted by atomic mass is 10.1. The highest BCUT2D eigenvalue weighted by Crippen LogP contribution is 2.35. The highest BCUT2D eigenvalue weighted by molar-refractivity contribution is 6.42. The molecule has 2 N–H and O–H groups in total. The van der Waals surface area contributed by atoms with Crippen LogP contribution in [0.3, 0.4) is 0 Å². The van der Waals surface area contributed by atoms with Gasteiger partial charge in [0.15, 0.2) is 5.69 Å². The van der Waals surface area contributed by atoms with Gasteiger partial charge in [0.1, 0.15) is 0 Å². The first-order valence-corrected chi connectivity index (χ1v) is 8.41. The summed E-state index contributed by atoms with van der Waals surface area (Å²) in [5, 5.41) is 4.20. The molecule has 140 valence electrons. The molecule has 1 amide bonds. The summed E-state index contributed by atoms with van der Waals surface area (Å²) in [5.41, 5.74) is 5.76. The van der Waals surface area contributed by atoms with Crippen molar-refractivity contribution in [3.8, 4) is 16.9 Å². The van der Waals surface area contributed by atoms with Crippen LogP contribution in [0.5, 0.6) is 0 Å². The lowest BCUT2D eigenvalue weighted by Crippen LogP contribution is -2.13. The lowest BCUT2D eigenvalue weighted by Gasteiger charge is -2.09. The Labute approximate surface area is 162 Å². The molecule has 0 radical (unpaired) electrons. The van der Waals surface area contributed by atoms with Crippen LogP contribution in [-0.4, -0.2) is 15.7 Å². The first-order valence-electron chi connectivity index (χ1n) is 7.65. The topological polar surface area (TPSA) is 60.9 Å². The molecule has 0 fully saturated rings. The number of alkyl halides is 3. The van der Waals surface area contributed by atoms with Crippen molar-refractivity contribution >= 4 is 29.1 Å². The molecule has 27 heavy (non-hydrogen) atoms. The summed E-state index contributed by atoms with van der Waals surface area (Å²) in [6, 6.07) is 11.8. The monoisotopic (exact) mass is 413 g/mol. The zero-order chi connectivity index (χ0) is 19.8. The maximum absolute atomic E-state index is 13.2. The fourth-order valence-electron chi connectivity index (χ4n) is 2.53. The van der Waals surface area contributed by atoms with E-state index in [1.165, 1.54) is 12.1 Å². The SMILES string of the molecule is NC(=O)Cc1ccc(-n2nc(C(F)(F)F)cc2-c2ccc(Cl)c(Cl)c2)cc1. The number of carbonyl (C=O) groups excluding carboxylic acids is 1. The van der Waals surface area contributed by atoms with Gasteiger partial charge in [-0.05, 0) is 35.9 Å². The van der Waals surface area contributed by atoms with Crippen molar-refractivity contribution in [1.82, 2.24) is 9.78 Å². The molecular formula is C18H12Cl2F3N3O. The Morgan fingerprint density at radius 3 is 2.26 bits per heavy atom. The van der Waals surface area contributed by atoms with Crippen LogP contribution < -0.4 is 5.73 Å². The third-order valence-corrected chi connectivity index (χ3v) is 4.51. The second kappa shape index (κ2) is 7.25. The molecule has 0 aliphatic heterocycles. The molecule has 0 spiro atoms. The average Bonchev–Trinajstić information content (AvgIpc) is 3.03. The number of hydrogen-bond acceptors (Lipinski definition) is 2. The van der Waals surface area contributed by atoms with E-state index in [1.807, 2.05) is 0 Å². The normalized spacial score (nSPS) is 11.6. The van der Waals surface area contributed by atoms with Crippen LogP contribution >= 0.6 is 23.2 Å². The van der Waals surface area contributed by atoms with Crippen molar-refractivity contribution in [3.63, 3.8) is 0 Å². The number of hydrogen-bond donors (Lipinski definition) is 1. The van der Waals surface area contributed by atoms with Crippen molar-refractivity contribution in [3.05, 3.63) is 69.8 Å². The molecule has 0 aliphatic carbocycles. The highest BCUT2D eigenvalue weighted by atomic mass is 35.5. The lowest BCUT2D eigenvalue weighted by molar-refractivity contribution is -0.141. The number of benzene rings is 2. The maximum Gasteiger partial charge on any atom is 0.435 e. The van der Waals surface area contributed by atoms with Crippen molar-refractivity contribution in [1.29, 1.82) is 0 Å². The van der Waals surface area contributed by atoms with E-state index in [-0.39, 0.29) is 17.1 Å². The minimum atomic E-state index is -4.61. The Kier molecular flexibility index (Phi) is 5.17. The average molecular weight is 414 g/mol. The largest absolute Gasteiger partial charge is 0.435 e. The molecular weight excluding hydrogens is 402 g/mol. The van der Waals surface area contributed by atoms with Crippen molar-refractivity contribution in [2.45, 2.75) is 12.6 Å². The predicted molar refractivity (Wildman–Crippen MR) is 96.9 cm³/mol. The molecule has 0 unspecified atom stereocenters. The number of aromatic nitrogens is 2. The van der Waals surface area contributed by atoms with E-state index < -0.39 is 17.8 Å². The molecule has 0 saturated heterocycles. The summed E-state index contributed by atoms with van der Waals surface area (Å²) in [4.78, 5) is 11.0. The van der Waals surface area contributed by atoms with Crippen LogP contribution in [0.25, 0.3) is 16.9 Å². The Bertz CT molecular complexity index is 998. The molecule has 1 aromatic heterocycles. The summed E-state index contributed by atoms with van der Waals surface area (Å²) >= 11 is 11.9. The van der Waals surface area contributed by atoms with E-state index in [1.54, 1.807) is 30.3 Å². The van der Waals surface area contributed by atoms with Crippen LogP contribution in [-0.2, 0) is 17.4 Å². The highest BCUT2D eigenvalue weighted by Gasteiger charge is 2.35. The number of amides is 1. The van der Waals surface area contributed by atoms with Crippen LogP contribution in [0.15, 0.2) is 48.5 Å². The molecule has 0 atom stereocenters. The summed E-state index contributed by atoms with van der Waals surface area (Å²) in [6.45, 7) is 0. The van der Waals surface area contributed by atoms with Crippen LogP contribution in [0.1, 0.15) is 11.3 Å². The van der Waals surface area contributed by atoms with E-state index in [0.717, 1.165) is 10.7 Å². The number of nitrogens with two attached hydrogens (primary N) is 1. The molecule has 9 heteroatoms. The van der Waals surface area contributed by atoms with Gasteiger partial charge in [-0.25, -0.2) is 4.68 Å². The number of halogens is 5. The fourth-order valence-corrected chi connectivity index (χ4v) is 2.83. The minimum absolute atomic E-state index is 0.0346. The van der Waals surface area contributed by atoms with Crippen molar-refractivity contribution in [2.75, 3.05) is 0 Å². The number of primary amides is 1. The van der Waals surface area contributed by atoms with Gasteiger partial charge in [0.05, 0.1) is 27.8 Å². The third kappa shape index (κ3) is 4.26. The molecule has 3 aromatic rings. The smallest absolute Gasteiger partial charge is 0.369 e. The van der Waals surface area contributed by atoms with Gasteiger partial charge in [-0.15, -0.1) is 0 Å². The van der Waals surface area contributed by atoms with E-state index in [0.29, 0.717) is 21.8 Å². The first-order chi connectivity index (χ1) is 12.6. The molecule has 0 aliphatic rings. The number of carbonyl (C=O) groups is 1. The quantitative estimate of drug-likeness (QED) is 0.661. The summed E-state index contributed by atoms with van der Waals surface area (Å²) in [6.07, 6.45) is -4.57. The first kappa shape index (κ1) is 19.3. The van der Waals surface area contributed by atoms with Gasteiger partial charge in [0, 0.05) is 5.56 Å². The van der Waals surface area contributed by atoms with Crippen LogP contribution in [0.4, 0.5) is 13.2 Å². The number of rotatable bonds is 4. The van der Waals surface area contributed by atoms with Gasteiger partial charge in [-0.2, -0.15) is 18.3 Å². The van der Waals surface area contributed by atoms with E-state index in [2.05, 4.69) is 5.10 Å². The van der Waals surface area contributed by atoms with Crippen molar-refractivity contribution < 1.29 is 18.0 Å². The molecule has 2 aromatic carbocycles. The third-order valence-electron chi connectivity index (χ3n) is 3.77. The van der Waals surface area contributed by atoms with E-state index in [9.17, 15) is 18.0 Å². The molecule has 0 saturated carbocycles. The molecule has 3 rings (SSSR count).